The molecule has 0 atom stereocenters. The smallest absolute Gasteiger partial charge is 0.161 e. The van der Waals surface area contributed by atoms with E-state index in [4.69, 9.17) is 14.7 Å². The fourth-order valence-corrected chi connectivity index (χ4v) is 1.95. The van der Waals surface area contributed by atoms with Crippen molar-refractivity contribution in [3.8, 4) is 17.6 Å². The SMILES string of the molecule is COc1ccccc1OCCN(C)c1ccc(C#N)cc1. The Balaban J connectivity index is 1.89. The summed E-state index contributed by atoms with van der Waals surface area (Å²) in [6.07, 6.45) is 0. The lowest BCUT2D eigenvalue weighted by Gasteiger charge is -2.20. The molecule has 0 bridgehead atoms. The highest BCUT2D eigenvalue weighted by Gasteiger charge is 2.04. The molecule has 0 N–H and O–H groups in total. The van der Waals surface area contributed by atoms with Crippen molar-refractivity contribution >= 4 is 5.69 Å². The van der Waals surface area contributed by atoms with Gasteiger partial charge in [0.1, 0.15) is 6.61 Å². The normalized spacial score (nSPS) is 9.76. The van der Waals surface area contributed by atoms with Crippen LogP contribution in [-0.2, 0) is 0 Å². The molecule has 0 spiro atoms. The third kappa shape index (κ3) is 3.90. The van der Waals surface area contributed by atoms with Crippen LogP contribution in [0, 0.1) is 11.3 Å². The van der Waals surface area contributed by atoms with Gasteiger partial charge in [-0.3, -0.25) is 0 Å². The molecule has 0 saturated heterocycles. The van der Waals surface area contributed by atoms with Crippen LogP contribution in [0.25, 0.3) is 0 Å². The summed E-state index contributed by atoms with van der Waals surface area (Å²) in [5, 5.41) is 8.79. The van der Waals surface area contributed by atoms with Gasteiger partial charge in [-0.15, -0.1) is 0 Å². The number of likely N-dealkylation sites (N-methyl/N-ethyl adjacent to an activating group) is 1. The highest BCUT2D eigenvalue weighted by molar-refractivity contribution is 5.49. The number of nitrogens with zero attached hydrogens (tertiary/aromatic N) is 2. The number of benzene rings is 2. The van der Waals surface area contributed by atoms with Crippen LogP contribution in [0.5, 0.6) is 11.5 Å². The highest BCUT2D eigenvalue weighted by Crippen LogP contribution is 2.25. The van der Waals surface area contributed by atoms with Crippen LogP contribution in [0.3, 0.4) is 0 Å². The van der Waals surface area contributed by atoms with E-state index in [-0.39, 0.29) is 0 Å². The molecule has 4 nitrogen and oxygen atoms in total. The standard InChI is InChI=1S/C17H18N2O2/c1-19(15-9-7-14(13-18)8-10-15)11-12-21-17-6-4-3-5-16(17)20-2/h3-10H,11-12H2,1-2H3. The van der Waals surface area contributed by atoms with Crippen LogP contribution in [0.15, 0.2) is 48.5 Å². The van der Waals surface area contributed by atoms with Crippen LogP contribution in [-0.4, -0.2) is 27.3 Å². The first-order valence-electron chi connectivity index (χ1n) is 6.71. The molecule has 0 saturated carbocycles. The Morgan fingerprint density at radius 3 is 2.33 bits per heavy atom. The van der Waals surface area contributed by atoms with Crippen LogP contribution in [0.4, 0.5) is 5.69 Å². The van der Waals surface area contributed by atoms with Crippen molar-refractivity contribution in [2.75, 3.05) is 32.2 Å². The zero-order chi connectivity index (χ0) is 15.1. The van der Waals surface area contributed by atoms with Gasteiger partial charge in [-0.1, -0.05) is 12.1 Å². The molecular formula is C17H18N2O2. The predicted molar refractivity (Wildman–Crippen MR) is 82.9 cm³/mol. The summed E-state index contributed by atoms with van der Waals surface area (Å²) in [6.45, 7) is 1.29. The number of hydrogen-bond donors (Lipinski definition) is 0. The molecular weight excluding hydrogens is 264 g/mol. The monoisotopic (exact) mass is 282 g/mol. The van der Waals surface area contributed by atoms with Gasteiger partial charge in [0.2, 0.25) is 0 Å². The van der Waals surface area contributed by atoms with Crippen LogP contribution in [0.1, 0.15) is 5.56 Å². The molecule has 0 fully saturated rings. The number of nitriles is 1. The fourth-order valence-electron chi connectivity index (χ4n) is 1.95. The van der Waals surface area contributed by atoms with E-state index in [0.717, 1.165) is 23.7 Å². The first-order valence-corrected chi connectivity index (χ1v) is 6.71. The molecule has 0 unspecified atom stereocenters. The van der Waals surface area contributed by atoms with E-state index in [0.29, 0.717) is 12.2 Å². The molecule has 2 rings (SSSR count). The molecule has 21 heavy (non-hydrogen) atoms. The first kappa shape index (κ1) is 14.7. The van der Waals surface area contributed by atoms with Gasteiger partial charge >= 0.3 is 0 Å². The first-order chi connectivity index (χ1) is 10.2. The van der Waals surface area contributed by atoms with E-state index in [1.54, 1.807) is 7.11 Å². The summed E-state index contributed by atoms with van der Waals surface area (Å²) < 4.78 is 11.0. The zero-order valence-corrected chi connectivity index (χ0v) is 12.2. The van der Waals surface area contributed by atoms with Crippen molar-refractivity contribution < 1.29 is 9.47 Å². The van der Waals surface area contributed by atoms with E-state index >= 15 is 0 Å². The summed E-state index contributed by atoms with van der Waals surface area (Å²) >= 11 is 0. The minimum absolute atomic E-state index is 0.552. The van der Waals surface area contributed by atoms with E-state index in [2.05, 4.69) is 11.0 Å². The van der Waals surface area contributed by atoms with Crippen molar-refractivity contribution in [1.29, 1.82) is 5.26 Å². The minimum atomic E-state index is 0.552. The molecule has 108 valence electrons. The molecule has 2 aromatic carbocycles. The molecule has 4 heteroatoms. The van der Waals surface area contributed by atoms with Crippen molar-refractivity contribution in [3.63, 3.8) is 0 Å². The highest BCUT2D eigenvalue weighted by atomic mass is 16.5. The van der Waals surface area contributed by atoms with E-state index in [1.165, 1.54) is 0 Å². The number of hydrogen-bond acceptors (Lipinski definition) is 4. The lowest BCUT2D eigenvalue weighted by Crippen LogP contribution is -2.23. The average molecular weight is 282 g/mol. The molecule has 2 aromatic rings. The lowest BCUT2D eigenvalue weighted by atomic mass is 10.2. The molecule has 0 radical (unpaired) electrons. The Kier molecular flexibility index (Phi) is 5.05. The second kappa shape index (κ2) is 7.20. The van der Waals surface area contributed by atoms with Gasteiger partial charge in [0.05, 0.1) is 25.3 Å². The maximum absolute atomic E-state index is 8.79. The average Bonchev–Trinajstić information content (AvgIpc) is 2.55. The lowest BCUT2D eigenvalue weighted by molar-refractivity contribution is 0.301. The third-order valence-corrected chi connectivity index (χ3v) is 3.19. The Hall–Kier alpha value is -2.67. The van der Waals surface area contributed by atoms with Gasteiger partial charge in [-0.05, 0) is 36.4 Å². The molecule has 0 aliphatic carbocycles. The maximum Gasteiger partial charge on any atom is 0.161 e. The van der Waals surface area contributed by atoms with Crippen molar-refractivity contribution in [2.24, 2.45) is 0 Å². The molecule has 0 amide bonds. The van der Waals surface area contributed by atoms with Gasteiger partial charge in [-0.25, -0.2) is 0 Å². The van der Waals surface area contributed by atoms with E-state index in [9.17, 15) is 0 Å². The van der Waals surface area contributed by atoms with Crippen LogP contribution < -0.4 is 14.4 Å². The van der Waals surface area contributed by atoms with E-state index in [1.807, 2.05) is 55.6 Å². The summed E-state index contributed by atoms with van der Waals surface area (Å²) in [5.41, 5.74) is 1.72. The zero-order valence-electron chi connectivity index (χ0n) is 12.2. The minimum Gasteiger partial charge on any atom is -0.493 e. The number of ether oxygens (including phenoxy) is 2. The summed E-state index contributed by atoms with van der Waals surface area (Å²) in [5.74, 6) is 1.48. The largest absolute Gasteiger partial charge is 0.493 e. The van der Waals surface area contributed by atoms with E-state index < -0.39 is 0 Å². The molecule has 0 aromatic heterocycles. The van der Waals surface area contributed by atoms with Crippen LogP contribution in [0.2, 0.25) is 0 Å². The maximum atomic E-state index is 8.79. The Morgan fingerprint density at radius 2 is 1.71 bits per heavy atom. The van der Waals surface area contributed by atoms with Gasteiger partial charge in [0, 0.05) is 12.7 Å². The molecule has 0 aliphatic rings. The Bertz CT molecular complexity index is 617. The summed E-state index contributed by atoms with van der Waals surface area (Å²) in [4.78, 5) is 2.08. The van der Waals surface area contributed by atoms with Gasteiger partial charge in [-0.2, -0.15) is 5.26 Å². The molecule has 0 heterocycles. The predicted octanol–water partition coefficient (Wildman–Crippen LogP) is 3.08. The topological polar surface area (TPSA) is 45.5 Å². The van der Waals surface area contributed by atoms with Crippen molar-refractivity contribution in [2.45, 2.75) is 0 Å². The number of rotatable bonds is 6. The summed E-state index contributed by atoms with van der Waals surface area (Å²) in [7, 11) is 3.62. The fraction of sp³-hybridized carbons (Fsp3) is 0.235. The van der Waals surface area contributed by atoms with Gasteiger partial charge < -0.3 is 14.4 Å². The molecule has 0 aliphatic heterocycles. The van der Waals surface area contributed by atoms with Gasteiger partial charge in [0.25, 0.3) is 0 Å². The number of para-hydroxylation sites is 2. The Morgan fingerprint density at radius 1 is 1.05 bits per heavy atom. The van der Waals surface area contributed by atoms with Crippen LogP contribution >= 0.6 is 0 Å². The number of methoxy groups -OCH3 is 1. The van der Waals surface area contributed by atoms with Crippen molar-refractivity contribution in [3.05, 3.63) is 54.1 Å². The quantitative estimate of drug-likeness (QED) is 0.816. The second-order valence-electron chi connectivity index (χ2n) is 4.58. The third-order valence-electron chi connectivity index (χ3n) is 3.19. The second-order valence-corrected chi connectivity index (χ2v) is 4.58. The summed E-state index contributed by atoms with van der Waals surface area (Å²) in [6, 6.07) is 17.2. The van der Waals surface area contributed by atoms with Gasteiger partial charge in [0.15, 0.2) is 11.5 Å². The van der Waals surface area contributed by atoms with Crippen molar-refractivity contribution in [1.82, 2.24) is 0 Å². The Labute approximate surface area is 125 Å². The number of anilines is 1.